The average molecular weight is 533 g/mol. The lowest BCUT2D eigenvalue weighted by Gasteiger charge is -2.35. The van der Waals surface area contributed by atoms with Crippen LogP contribution in [-0.4, -0.2) is 74.2 Å². The van der Waals surface area contributed by atoms with E-state index in [0.29, 0.717) is 59.0 Å². The molecule has 0 unspecified atom stereocenters. The SMILES string of the molecule is C=C(C[C@@H](CCc1ccccc1)C(=O)N1CCOCC1)[C@H](C)[C@@H](CCc1ccccc1)C(=O)N1CCOCC1. The summed E-state index contributed by atoms with van der Waals surface area (Å²) >= 11 is 0. The summed E-state index contributed by atoms with van der Waals surface area (Å²) in [6.07, 6.45) is 3.80. The zero-order valence-corrected chi connectivity index (χ0v) is 23.4. The summed E-state index contributed by atoms with van der Waals surface area (Å²) in [6, 6.07) is 20.7. The Morgan fingerprint density at radius 2 is 1.21 bits per heavy atom. The summed E-state index contributed by atoms with van der Waals surface area (Å²) in [5.41, 5.74) is 3.46. The summed E-state index contributed by atoms with van der Waals surface area (Å²) in [6.45, 7) is 11.5. The second-order valence-electron chi connectivity index (χ2n) is 10.9. The van der Waals surface area contributed by atoms with Crippen molar-refractivity contribution in [3.8, 4) is 0 Å². The molecule has 2 aliphatic rings. The fraction of sp³-hybridized carbons (Fsp3) is 0.515. The fourth-order valence-electron chi connectivity index (χ4n) is 5.70. The highest BCUT2D eigenvalue weighted by molar-refractivity contribution is 5.80. The number of nitrogens with zero attached hydrogens (tertiary/aromatic N) is 2. The van der Waals surface area contributed by atoms with Gasteiger partial charge in [0.1, 0.15) is 0 Å². The van der Waals surface area contributed by atoms with Gasteiger partial charge in [0.15, 0.2) is 0 Å². The molecule has 3 atom stereocenters. The summed E-state index contributed by atoms with van der Waals surface area (Å²) in [5, 5.41) is 0. The third-order valence-corrected chi connectivity index (χ3v) is 8.28. The van der Waals surface area contributed by atoms with E-state index in [-0.39, 0.29) is 29.6 Å². The number of hydrogen-bond acceptors (Lipinski definition) is 4. The van der Waals surface area contributed by atoms with Gasteiger partial charge >= 0.3 is 0 Å². The molecule has 0 saturated carbocycles. The summed E-state index contributed by atoms with van der Waals surface area (Å²) in [5.74, 6) is 0.00232. The van der Waals surface area contributed by atoms with E-state index < -0.39 is 0 Å². The van der Waals surface area contributed by atoms with Gasteiger partial charge in [-0.3, -0.25) is 9.59 Å². The monoisotopic (exact) mass is 532 g/mol. The van der Waals surface area contributed by atoms with Gasteiger partial charge < -0.3 is 19.3 Å². The highest BCUT2D eigenvalue weighted by Crippen LogP contribution is 2.32. The molecule has 0 radical (unpaired) electrons. The molecule has 0 aliphatic carbocycles. The molecule has 2 heterocycles. The Balaban J connectivity index is 1.47. The maximum absolute atomic E-state index is 13.8. The second kappa shape index (κ2) is 15.0. The average Bonchev–Trinajstić information content (AvgIpc) is 3.00. The molecular weight excluding hydrogens is 488 g/mol. The lowest BCUT2D eigenvalue weighted by molar-refractivity contribution is -0.141. The number of amides is 2. The van der Waals surface area contributed by atoms with E-state index >= 15 is 0 Å². The van der Waals surface area contributed by atoms with Crippen molar-refractivity contribution in [1.82, 2.24) is 9.80 Å². The molecule has 6 nitrogen and oxygen atoms in total. The first kappa shape index (κ1) is 29.0. The van der Waals surface area contributed by atoms with Crippen molar-refractivity contribution in [2.75, 3.05) is 52.6 Å². The van der Waals surface area contributed by atoms with E-state index in [0.717, 1.165) is 31.3 Å². The zero-order chi connectivity index (χ0) is 27.5. The van der Waals surface area contributed by atoms with Crippen LogP contribution in [0.25, 0.3) is 0 Å². The van der Waals surface area contributed by atoms with Crippen LogP contribution in [0.5, 0.6) is 0 Å². The maximum atomic E-state index is 13.8. The summed E-state index contributed by atoms with van der Waals surface area (Å²) in [7, 11) is 0. The van der Waals surface area contributed by atoms with Crippen molar-refractivity contribution < 1.29 is 19.1 Å². The molecule has 0 aromatic heterocycles. The van der Waals surface area contributed by atoms with E-state index in [1.807, 2.05) is 46.2 Å². The maximum Gasteiger partial charge on any atom is 0.226 e. The molecule has 210 valence electrons. The van der Waals surface area contributed by atoms with E-state index in [2.05, 4.69) is 37.8 Å². The Hall–Kier alpha value is -2.96. The van der Waals surface area contributed by atoms with Crippen LogP contribution in [0.4, 0.5) is 0 Å². The van der Waals surface area contributed by atoms with Gasteiger partial charge in [0, 0.05) is 38.0 Å². The molecule has 0 N–H and O–H groups in total. The molecule has 0 bridgehead atoms. The first-order valence-electron chi connectivity index (χ1n) is 14.5. The molecule has 0 spiro atoms. The Morgan fingerprint density at radius 3 is 1.72 bits per heavy atom. The number of allylic oxidation sites excluding steroid dienone is 1. The smallest absolute Gasteiger partial charge is 0.226 e. The molecule has 2 aromatic carbocycles. The fourth-order valence-corrected chi connectivity index (χ4v) is 5.70. The van der Waals surface area contributed by atoms with E-state index in [1.54, 1.807) is 0 Å². The largest absolute Gasteiger partial charge is 0.378 e. The van der Waals surface area contributed by atoms with Crippen LogP contribution in [0.1, 0.15) is 37.3 Å². The molecule has 2 amide bonds. The molecular formula is C33H44N2O4. The Labute approximate surface area is 234 Å². The Kier molecular flexibility index (Phi) is 11.2. The minimum absolute atomic E-state index is 0.0271. The number of aryl methyl sites for hydroxylation is 2. The van der Waals surface area contributed by atoms with Crippen molar-refractivity contribution in [3.63, 3.8) is 0 Å². The minimum Gasteiger partial charge on any atom is -0.378 e. The normalized spacial score (nSPS) is 18.3. The van der Waals surface area contributed by atoms with Crippen LogP contribution in [0.3, 0.4) is 0 Å². The van der Waals surface area contributed by atoms with Gasteiger partial charge in [0.25, 0.3) is 0 Å². The van der Waals surface area contributed by atoms with E-state index in [9.17, 15) is 9.59 Å². The number of ether oxygens (including phenoxy) is 2. The van der Waals surface area contributed by atoms with Gasteiger partial charge in [-0.25, -0.2) is 0 Å². The van der Waals surface area contributed by atoms with Crippen LogP contribution in [0.2, 0.25) is 0 Å². The first-order chi connectivity index (χ1) is 19.0. The summed E-state index contributed by atoms with van der Waals surface area (Å²) < 4.78 is 11.0. The van der Waals surface area contributed by atoms with Crippen LogP contribution >= 0.6 is 0 Å². The van der Waals surface area contributed by atoms with Crippen LogP contribution in [-0.2, 0) is 31.9 Å². The number of carbonyl (C=O) groups is 2. The van der Waals surface area contributed by atoms with Crippen molar-refractivity contribution in [1.29, 1.82) is 0 Å². The Morgan fingerprint density at radius 1 is 0.744 bits per heavy atom. The standard InChI is InChI=1S/C33H44N2O4/c1-26(25-30(15-13-28-9-5-3-6-10-28)32(36)34-17-21-38-22-18-34)27(2)31(16-14-29-11-7-4-8-12-29)33(37)35-19-23-39-24-20-35/h3-12,27,30-31H,1,13-25H2,2H3/t27-,30+,31+/m0/s1. The minimum atomic E-state index is -0.177. The number of carbonyl (C=O) groups excluding carboxylic acids is 2. The number of morpholine rings is 2. The summed E-state index contributed by atoms with van der Waals surface area (Å²) in [4.78, 5) is 31.4. The van der Waals surface area contributed by atoms with E-state index in [1.165, 1.54) is 11.1 Å². The van der Waals surface area contributed by atoms with Gasteiger partial charge in [-0.1, -0.05) is 79.7 Å². The quantitative estimate of drug-likeness (QED) is 0.369. The van der Waals surface area contributed by atoms with Crippen LogP contribution in [0.15, 0.2) is 72.8 Å². The lowest BCUT2D eigenvalue weighted by Crippen LogP contribution is -2.46. The van der Waals surface area contributed by atoms with Gasteiger partial charge in [0.05, 0.1) is 26.4 Å². The number of benzene rings is 2. The molecule has 4 rings (SSSR count). The molecule has 6 heteroatoms. The highest BCUT2D eigenvalue weighted by atomic mass is 16.5. The predicted molar refractivity (Wildman–Crippen MR) is 154 cm³/mol. The number of hydrogen-bond donors (Lipinski definition) is 0. The first-order valence-corrected chi connectivity index (χ1v) is 14.5. The molecule has 2 saturated heterocycles. The van der Waals surface area contributed by atoms with E-state index in [4.69, 9.17) is 9.47 Å². The predicted octanol–water partition coefficient (Wildman–Crippen LogP) is 4.78. The van der Waals surface area contributed by atoms with Crippen LogP contribution < -0.4 is 0 Å². The molecule has 39 heavy (non-hydrogen) atoms. The van der Waals surface area contributed by atoms with Crippen molar-refractivity contribution in [2.24, 2.45) is 17.8 Å². The van der Waals surface area contributed by atoms with Gasteiger partial charge in [-0.2, -0.15) is 0 Å². The van der Waals surface area contributed by atoms with Gasteiger partial charge in [-0.05, 0) is 49.1 Å². The lowest BCUT2D eigenvalue weighted by atomic mass is 9.79. The molecule has 2 aromatic rings. The van der Waals surface area contributed by atoms with Crippen molar-refractivity contribution in [3.05, 3.63) is 83.9 Å². The third-order valence-electron chi connectivity index (χ3n) is 8.28. The van der Waals surface area contributed by atoms with Crippen LogP contribution in [0, 0.1) is 17.8 Å². The molecule has 2 aliphatic heterocycles. The Bertz CT molecular complexity index is 1050. The molecule has 2 fully saturated rings. The number of rotatable bonds is 12. The van der Waals surface area contributed by atoms with Crippen molar-refractivity contribution in [2.45, 2.75) is 39.0 Å². The zero-order valence-electron chi connectivity index (χ0n) is 23.4. The topological polar surface area (TPSA) is 59.1 Å². The highest BCUT2D eigenvalue weighted by Gasteiger charge is 2.33. The third kappa shape index (κ3) is 8.51. The van der Waals surface area contributed by atoms with Gasteiger partial charge in [-0.15, -0.1) is 0 Å². The van der Waals surface area contributed by atoms with Crippen molar-refractivity contribution >= 4 is 11.8 Å². The second-order valence-corrected chi connectivity index (χ2v) is 10.9. The van der Waals surface area contributed by atoms with Gasteiger partial charge in [0.2, 0.25) is 11.8 Å².